The van der Waals surface area contributed by atoms with Crippen molar-refractivity contribution in [3.63, 3.8) is 0 Å². The van der Waals surface area contributed by atoms with Gasteiger partial charge in [-0.2, -0.15) is 5.10 Å². The van der Waals surface area contributed by atoms with Gasteiger partial charge >= 0.3 is 0 Å². The number of hydrogen-bond donors (Lipinski definition) is 1. The van der Waals surface area contributed by atoms with E-state index in [1.165, 1.54) is 5.56 Å². The second kappa shape index (κ2) is 7.55. The van der Waals surface area contributed by atoms with E-state index in [1.54, 1.807) is 12.4 Å². The number of ether oxygens (including phenoxy) is 1. The van der Waals surface area contributed by atoms with Crippen molar-refractivity contribution < 1.29 is 9.53 Å². The summed E-state index contributed by atoms with van der Waals surface area (Å²) in [4.78, 5) is 18.8. The molecule has 0 spiro atoms. The third kappa shape index (κ3) is 3.94. The number of carbonyl (C=O) groups excluding carboxylic acids is 1. The number of fused-ring (bicyclic) bond motifs is 1. The predicted octanol–water partition coefficient (Wildman–Crippen LogP) is 1.68. The van der Waals surface area contributed by atoms with Crippen LogP contribution in [-0.4, -0.2) is 51.4 Å². The first-order chi connectivity index (χ1) is 12.7. The van der Waals surface area contributed by atoms with Crippen molar-refractivity contribution >= 4 is 11.6 Å². The van der Waals surface area contributed by atoms with E-state index < -0.39 is 0 Å². The van der Waals surface area contributed by atoms with E-state index in [1.807, 2.05) is 30.1 Å². The summed E-state index contributed by atoms with van der Waals surface area (Å²) in [5.74, 6) is 0.984. The van der Waals surface area contributed by atoms with E-state index in [0.29, 0.717) is 18.3 Å². The Labute approximate surface area is 153 Å². The quantitative estimate of drug-likeness (QED) is 0.883. The number of nitrogens with one attached hydrogen (secondary N) is 1. The summed E-state index contributed by atoms with van der Waals surface area (Å²) in [7, 11) is 1.95. The molecule has 1 N–H and O–H groups in total. The third-order valence-electron chi connectivity index (χ3n) is 5.38. The van der Waals surface area contributed by atoms with Gasteiger partial charge in [0.1, 0.15) is 0 Å². The van der Waals surface area contributed by atoms with Crippen molar-refractivity contribution in [3.8, 4) is 0 Å². The number of pyridine rings is 1. The Balaban J connectivity index is 1.29. The Morgan fingerprint density at radius 1 is 1.42 bits per heavy atom. The number of rotatable bonds is 5. The Morgan fingerprint density at radius 2 is 2.35 bits per heavy atom. The molecule has 3 atom stereocenters. The van der Waals surface area contributed by atoms with Gasteiger partial charge in [0.25, 0.3) is 0 Å². The van der Waals surface area contributed by atoms with Gasteiger partial charge in [-0.25, -0.2) is 0 Å². The van der Waals surface area contributed by atoms with Crippen LogP contribution in [0.3, 0.4) is 0 Å². The summed E-state index contributed by atoms with van der Waals surface area (Å²) in [5.41, 5.74) is 1.98. The Bertz CT molecular complexity index is 747. The van der Waals surface area contributed by atoms with Crippen LogP contribution in [0.25, 0.3) is 0 Å². The van der Waals surface area contributed by atoms with E-state index in [0.717, 1.165) is 38.3 Å². The van der Waals surface area contributed by atoms with Crippen LogP contribution in [0.15, 0.2) is 36.9 Å². The first-order valence-electron chi connectivity index (χ1n) is 9.19. The average molecular weight is 355 g/mol. The molecule has 2 aromatic rings. The summed E-state index contributed by atoms with van der Waals surface area (Å²) in [6, 6.07) is 3.66. The van der Waals surface area contributed by atoms with E-state index >= 15 is 0 Å². The highest BCUT2D eigenvalue weighted by atomic mass is 16.5. The van der Waals surface area contributed by atoms with Gasteiger partial charge in [-0.05, 0) is 31.0 Å². The van der Waals surface area contributed by atoms with Crippen LogP contribution < -0.4 is 5.32 Å². The Kier molecular flexibility index (Phi) is 4.99. The maximum Gasteiger partial charge on any atom is 0.227 e. The average Bonchev–Trinajstić information content (AvgIpc) is 3.22. The highest BCUT2D eigenvalue weighted by Crippen LogP contribution is 2.36. The molecule has 4 rings (SSSR count). The molecule has 0 bridgehead atoms. The van der Waals surface area contributed by atoms with Crippen molar-refractivity contribution in [2.75, 3.05) is 25.0 Å². The van der Waals surface area contributed by atoms with Crippen LogP contribution in [0, 0.1) is 11.8 Å². The minimum absolute atomic E-state index is 0.00133. The smallest absolute Gasteiger partial charge is 0.227 e. The standard InChI is InChI=1S/C19H25N5O2/c1-23-10-14(8-21-23)11-24-6-4-17-15(12-24)13-26-18(17)7-19(25)22-16-3-2-5-20-9-16/h2-3,5,8-10,15,17-18H,4,6-7,11-13H2,1H3,(H,22,25)/t15-,17-,18-/m0/s1. The number of amides is 1. The topological polar surface area (TPSA) is 72.3 Å². The highest BCUT2D eigenvalue weighted by molar-refractivity contribution is 5.90. The molecule has 0 radical (unpaired) electrons. The van der Waals surface area contributed by atoms with Crippen molar-refractivity contribution in [1.29, 1.82) is 0 Å². The molecule has 0 saturated carbocycles. The second-order valence-corrected chi connectivity index (χ2v) is 7.34. The van der Waals surface area contributed by atoms with Crippen LogP contribution in [0.5, 0.6) is 0 Å². The molecule has 4 heterocycles. The molecule has 0 unspecified atom stereocenters. The lowest BCUT2D eigenvalue weighted by atomic mass is 9.83. The summed E-state index contributed by atoms with van der Waals surface area (Å²) in [6.07, 6.45) is 8.88. The van der Waals surface area contributed by atoms with Gasteiger partial charge in [-0.3, -0.25) is 19.4 Å². The molecule has 138 valence electrons. The van der Waals surface area contributed by atoms with E-state index in [4.69, 9.17) is 4.74 Å². The minimum Gasteiger partial charge on any atom is -0.377 e. The first-order valence-corrected chi connectivity index (χ1v) is 9.19. The van der Waals surface area contributed by atoms with Crippen molar-refractivity contribution in [3.05, 3.63) is 42.5 Å². The molecule has 2 fully saturated rings. The summed E-state index contributed by atoms with van der Waals surface area (Å²) in [6.45, 7) is 3.75. The number of hydrogen-bond acceptors (Lipinski definition) is 5. The fourth-order valence-electron chi connectivity index (χ4n) is 4.16. The molecule has 0 aliphatic carbocycles. The zero-order chi connectivity index (χ0) is 17.9. The molecular formula is C19H25N5O2. The molecule has 0 aromatic carbocycles. The maximum atomic E-state index is 12.3. The van der Waals surface area contributed by atoms with Crippen LogP contribution in [-0.2, 0) is 23.1 Å². The number of aromatic nitrogens is 3. The lowest BCUT2D eigenvalue weighted by molar-refractivity contribution is -0.118. The molecule has 2 aliphatic heterocycles. The van der Waals surface area contributed by atoms with E-state index in [2.05, 4.69) is 26.5 Å². The molecule has 7 nitrogen and oxygen atoms in total. The highest BCUT2D eigenvalue weighted by Gasteiger charge is 2.41. The van der Waals surface area contributed by atoms with Gasteiger partial charge in [-0.15, -0.1) is 0 Å². The van der Waals surface area contributed by atoms with Gasteiger partial charge in [0.05, 0.1) is 37.2 Å². The Hall–Kier alpha value is -2.25. The predicted molar refractivity (Wildman–Crippen MR) is 97.3 cm³/mol. The van der Waals surface area contributed by atoms with Gasteiger partial charge < -0.3 is 10.1 Å². The fraction of sp³-hybridized carbons (Fsp3) is 0.526. The Morgan fingerprint density at radius 3 is 3.12 bits per heavy atom. The minimum atomic E-state index is 0.00133. The molecule has 1 amide bonds. The van der Waals surface area contributed by atoms with Crippen LogP contribution in [0.4, 0.5) is 5.69 Å². The molecular weight excluding hydrogens is 330 g/mol. The molecule has 2 saturated heterocycles. The van der Waals surface area contributed by atoms with Crippen molar-refractivity contribution in [2.45, 2.75) is 25.5 Å². The maximum absolute atomic E-state index is 12.3. The van der Waals surface area contributed by atoms with Gasteiger partial charge in [0, 0.05) is 44.0 Å². The SMILES string of the molecule is Cn1cc(CN2CC[C@H]3[C@H](CO[C@H]3CC(=O)Nc3cccnc3)C2)cn1. The summed E-state index contributed by atoms with van der Waals surface area (Å²) >= 11 is 0. The zero-order valence-electron chi connectivity index (χ0n) is 15.0. The fourth-order valence-corrected chi connectivity index (χ4v) is 4.16. The number of aryl methyl sites for hydroxylation is 1. The normalized spacial score (nSPS) is 25.8. The number of carbonyl (C=O) groups is 1. The van der Waals surface area contributed by atoms with Crippen molar-refractivity contribution in [2.24, 2.45) is 18.9 Å². The van der Waals surface area contributed by atoms with E-state index in [9.17, 15) is 4.79 Å². The largest absolute Gasteiger partial charge is 0.377 e. The van der Waals surface area contributed by atoms with Gasteiger partial charge in [0.15, 0.2) is 0 Å². The van der Waals surface area contributed by atoms with Gasteiger partial charge in [-0.1, -0.05) is 0 Å². The summed E-state index contributed by atoms with van der Waals surface area (Å²) in [5, 5.41) is 7.15. The van der Waals surface area contributed by atoms with Crippen LogP contribution in [0.1, 0.15) is 18.4 Å². The zero-order valence-corrected chi connectivity index (χ0v) is 15.0. The number of likely N-dealkylation sites (tertiary alicyclic amines) is 1. The molecule has 7 heteroatoms. The monoisotopic (exact) mass is 355 g/mol. The molecule has 2 aromatic heterocycles. The van der Waals surface area contributed by atoms with Crippen LogP contribution >= 0.6 is 0 Å². The number of nitrogens with zero attached hydrogens (tertiary/aromatic N) is 4. The lowest BCUT2D eigenvalue weighted by Crippen LogP contribution is -2.41. The molecule has 2 aliphatic rings. The van der Waals surface area contributed by atoms with Crippen LogP contribution in [0.2, 0.25) is 0 Å². The third-order valence-corrected chi connectivity index (χ3v) is 5.38. The van der Waals surface area contributed by atoms with Crippen molar-refractivity contribution in [1.82, 2.24) is 19.7 Å². The second-order valence-electron chi connectivity index (χ2n) is 7.34. The summed E-state index contributed by atoms with van der Waals surface area (Å²) < 4.78 is 7.84. The van der Waals surface area contributed by atoms with Gasteiger partial charge in [0.2, 0.25) is 5.91 Å². The first kappa shape index (κ1) is 17.2. The number of anilines is 1. The molecule has 26 heavy (non-hydrogen) atoms. The lowest BCUT2D eigenvalue weighted by Gasteiger charge is -2.35. The number of piperidine rings is 1. The van der Waals surface area contributed by atoms with E-state index in [-0.39, 0.29) is 12.0 Å².